The molecule has 4 N–H and O–H groups in total. The number of nitro groups is 1. The molecule has 0 bridgehead atoms. The number of hydrogen-bond donors (Lipinski definition) is 3. The number of nitrogens with one attached hydrogen (secondary N) is 1. The monoisotopic (exact) mass is 336 g/mol. The molecule has 0 atom stereocenters. The summed E-state index contributed by atoms with van der Waals surface area (Å²) in [5.74, 6) is -1.14. The Kier molecular flexibility index (Phi) is 4.84. The van der Waals surface area contributed by atoms with Gasteiger partial charge in [-0.05, 0) is 11.3 Å². The van der Waals surface area contributed by atoms with E-state index >= 15 is 0 Å². The minimum atomic E-state index is -0.769. The van der Waals surface area contributed by atoms with Gasteiger partial charge < -0.3 is 15.6 Å². The summed E-state index contributed by atoms with van der Waals surface area (Å²) in [6.07, 6.45) is 1.03. The highest BCUT2D eigenvalue weighted by molar-refractivity contribution is 5.87. The van der Waals surface area contributed by atoms with Crippen LogP contribution in [0.5, 0.6) is 11.5 Å². The number of aromatic hydroxyl groups is 1. The number of amides is 1. The third kappa shape index (κ3) is 3.90. The first-order valence-corrected chi connectivity index (χ1v) is 6.31. The number of aromatic nitrogens is 4. The van der Waals surface area contributed by atoms with Crippen LogP contribution in [0.4, 0.5) is 11.6 Å². The van der Waals surface area contributed by atoms with Gasteiger partial charge in [-0.2, -0.15) is 9.90 Å². The minimum Gasteiger partial charge on any atom is -0.502 e. The molecule has 2 rings (SSSR count). The highest BCUT2D eigenvalue weighted by Crippen LogP contribution is 2.33. The zero-order valence-electron chi connectivity index (χ0n) is 12.3. The van der Waals surface area contributed by atoms with E-state index in [4.69, 9.17) is 10.5 Å². The standard InChI is InChI=1S/C11H12N8O5/c1-24-7-2-6(10(21)8(3-7)19(22)23)4-13-14-9(20)5-18-16-11(12)15-17-18/h2-4,21H,5H2,1H3,(H2,12,16)(H,14,20)/b13-4-. The Hall–Kier alpha value is -3.77. The van der Waals surface area contributed by atoms with E-state index in [0.717, 1.165) is 17.1 Å². The number of nitrogens with zero attached hydrogens (tertiary/aromatic N) is 6. The Labute approximate surface area is 133 Å². The third-order valence-corrected chi connectivity index (χ3v) is 2.67. The molecule has 0 saturated heterocycles. The molecule has 1 heterocycles. The van der Waals surface area contributed by atoms with Gasteiger partial charge in [-0.25, -0.2) is 5.43 Å². The molecule has 0 saturated carbocycles. The van der Waals surface area contributed by atoms with Gasteiger partial charge in [0.1, 0.15) is 12.3 Å². The molecule has 0 unspecified atom stereocenters. The predicted octanol–water partition coefficient (Wildman–Crippen LogP) is -0.972. The quantitative estimate of drug-likeness (QED) is 0.339. The number of carbonyl (C=O) groups excluding carboxylic acids is 1. The Morgan fingerprint density at radius 1 is 1.62 bits per heavy atom. The summed E-state index contributed by atoms with van der Waals surface area (Å²) < 4.78 is 4.91. The molecule has 24 heavy (non-hydrogen) atoms. The van der Waals surface area contributed by atoms with Gasteiger partial charge in [-0.3, -0.25) is 14.9 Å². The number of nitrogen functional groups attached to an aromatic ring is 1. The molecule has 0 radical (unpaired) electrons. The number of ether oxygens (including phenoxy) is 1. The Balaban J connectivity index is 2.09. The summed E-state index contributed by atoms with van der Waals surface area (Å²) in [6.45, 7) is -0.286. The van der Waals surface area contributed by atoms with E-state index in [9.17, 15) is 20.0 Å². The molecular formula is C11H12N8O5. The smallest absolute Gasteiger partial charge is 0.315 e. The van der Waals surface area contributed by atoms with E-state index in [2.05, 4.69) is 25.9 Å². The molecule has 13 heteroatoms. The van der Waals surface area contributed by atoms with Crippen LogP contribution in [-0.4, -0.2) is 49.5 Å². The molecule has 0 spiro atoms. The summed E-state index contributed by atoms with van der Waals surface area (Å²) >= 11 is 0. The second-order valence-electron chi connectivity index (χ2n) is 4.31. The van der Waals surface area contributed by atoms with E-state index in [-0.39, 0.29) is 23.8 Å². The normalized spacial score (nSPS) is 10.7. The van der Waals surface area contributed by atoms with E-state index in [0.29, 0.717) is 0 Å². The molecule has 13 nitrogen and oxygen atoms in total. The summed E-state index contributed by atoms with van der Waals surface area (Å²) in [4.78, 5) is 22.7. The second-order valence-corrected chi connectivity index (χ2v) is 4.31. The van der Waals surface area contributed by atoms with Crippen molar-refractivity contribution in [3.63, 3.8) is 0 Å². The van der Waals surface area contributed by atoms with Crippen LogP contribution < -0.4 is 15.9 Å². The Morgan fingerprint density at radius 3 is 2.96 bits per heavy atom. The van der Waals surface area contributed by atoms with Crippen LogP contribution in [0, 0.1) is 10.1 Å². The Morgan fingerprint density at radius 2 is 2.38 bits per heavy atom. The number of methoxy groups -OCH3 is 1. The number of phenolic OH excluding ortho intramolecular Hbond substituents is 1. The molecule has 0 fully saturated rings. The van der Waals surface area contributed by atoms with Crippen molar-refractivity contribution in [2.24, 2.45) is 5.10 Å². The zero-order chi connectivity index (χ0) is 17.7. The summed E-state index contributed by atoms with van der Waals surface area (Å²) in [5.41, 5.74) is 6.83. The first-order valence-electron chi connectivity index (χ1n) is 6.31. The lowest BCUT2D eigenvalue weighted by atomic mass is 10.1. The highest BCUT2D eigenvalue weighted by atomic mass is 16.6. The van der Waals surface area contributed by atoms with Gasteiger partial charge in [0.05, 0.1) is 24.3 Å². The van der Waals surface area contributed by atoms with Gasteiger partial charge in [-0.15, -0.1) is 5.10 Å². The average Bonchev–Trinajstić information content (AvgIpc) is 2.93. The largest absolute Gasteiger partial charge is 0.502 e. The molecule has 0 aliphatic heterocycles. The molecule has 2 aromatic rings. The molecule has 0 aliphatic rings. The number of nitro benzene ring substituents is 1. The number of phenols is 1. The lowest BCUT2D eigenvalue weighted by Crippen LogP contribution is -2.24. The highest BCUT2D eigenvalue weighted by Gasteiger charge is 2.18. The molecule has 1 aromatic heterocycles. The van der Waals surface area contributed by atoms with Crippen LogP contribution in [0.15, 0.2) is 17.2 Å². The van der Waals surface area contributed by atoms with Gasteiger partial charge in [0, 0.05) is 5.56 Å². The first-order chi connectivity index (χ1) is 11.4. The van der Waals surface area contributed by atoms with Crippen molar-refractivity contribution in [3.8, 4) is 11.5 Å². The number of hydrazone groups is 1. The fourth-order valence-electron chi connectivity index (χ4n) is 1.63. The van der Waals surface area contributed by atoms with Crippen molar-refractivity contribution < 1.29 is 19.6 Å². The Bertz CT molecular complexity index is 802. The van der Waals surface area contributed by atoms with Gasteiger partial charge in [0.15, 0.2) is 0 Å². The average molecular weight is 336 g/mol. The molecule has 0 aliphatic carbocycles. The molecular weight excluding hydrogens is 324 g/mol. The van der Waals surface area contributed by atoms with E-state index in [1.165, 1.54) is 13.2 Å². The predicted molar refractivity (Wildman–Crippen MR) is 79.3 cm³/mol. The minimum absolute atomic E-state index is 0.00975. The fraction of sp³-hybridized carbons (Fsp3) is 0.182. The summed E-state index contributed by atoms with van der Waals surface area (Å²) in [7, 11) is 1.32. The molecule has 1 aromatic carbocycles. The van der Waals surface area contributed by atoms with Gasteiger partial charge in [-0.1, -0.05) is 5.10 Å². The summed E-state index contributed by atoms with van der Waals surface area (Å²) in [5, 5.41) is 34.8. The van der Waals surface area contributed by atoms with Gasteiger partial charge in [0.25, 0.3) is 11.9 Å². The van der Waals surface area contributed by atoms with Crippen LogP contribution in [0.3, 0.4) is 0 Å². The van der Waals surface area contributed by atoms with Crippen LogP contribution in [0.1, 0.15) is 5.56 Å². The van der Waals surface area contributed by atoms with Crippen LogP contribution >= 0.6 is 0 Å². The maximum Gasteiger partial charge on any atom is 0.315 e. The number of rotatable bonds is 6. The van der Waals surface area contributed by atoms with Crippen LogP contribution in [0.2, 0.25) is 0 Å². The summed E-state index contributed by atoms with van der Waals surface area (Å²) in [6, 6.07) is 2.38. The number of hydrogen-bond acceptors (Lipinski definition) is 10. The number of carbonyl (C=O) groups is 1. The topological polar surface area (TPSA) is 184 Å². The van der Waals surface area contributed by atoms with Crippen LogP contribution in [-0.2, 0) is 11.3 Å². The number of benzene rings is 1. The molecule has 1 amide bonds. The van der Waals surface area contributed by atoms with Crippen molar-refractivity contribution in [1.82, 2.24) is 25.6 Å². The fourth-order valence-corrected chi connectivity index (χ4v) is 1.63. The van der Waals surface area contributed by atoms with E-state index in [1.807, 2.05) is 0 Å². The molecule has 126 valence electrons. The number of anilines is 1. The SMILES string of the molecule is COc1cc(/C=N\NC(=O)Cn2nnc(N)n2)c(O)c([N+](=O)[O-])c1. The third-order valence-electron chi connectivity index (χ3n) is 2.67. The van der Waals surface area contributed by atoms with Crippen LogP contribution in [0.25, 0.3) is 0 Å². The maximum atomic E-state index is 11.6. The van der Waals surface area contributed by atoms with Crippen molar-refractivity contribution in [2.45, 2.75) is 6.54 Å². The van der Waals surface area contributed by atoms with Gasteiger partial charge in [0.2, 0.25) is 5.75 Å². The van der Waals surface area contributed by atoms with Gasteiger partial charge >= 0.3 is 5.69 Å². The van der Waals surface area contributed by atoms with Crippen molar-refractivity contribution in [2.75, 3.05) is 12.8 Å². The van der Waals surface area contributed by atoms with Crippen molar-refractivity contribution in [3.05, 3.63) is 27.8 Å². The van der Waals surface area contributed by atoms with Crippen molar-refractivity contribution >= 4 is 23.8 Å². The lowest BCUT2D eigenvalue weighted by Gasteiger charge is -2.04. The van der Waals surface area contributed by atoms with Crippen molar-refractivity contribution in [1.29, 1.82) is 0 Å². The first kappa shape index (κ1) is 16.6. The lowest BCUT2D eigenvalue weighted by molar-refractivity contribution is -0.385. The zero-order valence-corrected chi connectivity index (χ0v) is 12.3. The van der Waals surface area contributed by atoms with E-state index in [1.54, 1.807) is 0 Å². The van der Waals surface area contributed by atoms with E-state index < -0.39 is 22.3 Å². The maximum absolute atomic E-state index is 11.6. The second kappa shape index (κ2) is 6.99. The number of tetrazole rings is 1. The number of nitrogens with two attached hydrogens (primary N) is 1.